The van der Waals surface area contributed by atoms with Crippen molar-refractivity contribution in [3.8, 4) is 0 Å². The highest BCUT2D eigenvalue weighted by molar-refractivity contribution is 7.99. The summed E-state index contributed by atoms with van der Waals surface area (Å²) in [5, 5.41) is 14.7. The van der Waals surface area contributed by atoms with E-state index in [0.29, 0.717) is 0 Å². The van der Waals surface area contributed by atoms with Crippen LogP contribution in [0.2, 0.25) is 0 Å². The molecular formula is C24H24N4OS2. The molecule has 7 heteroatoms. The quantitative estimate of drug-likeness (QED) is 0.368. The van der Waals surface area contributed by atoms with Crippen LogP contribution in [-0.2, 0) is 17.8 Å². The molecule has 4 aromatic rings. The van der Waals surface area contributed by atoms with Crippen LogP contribution in [0.1, 0.15) is 34.8 Å². The standard InChI is InChI=1S/C24H24N4OS2/c1-2-28-21(16-18-10-5-3-6-11-18)26-27-24(28)31-17-22(29)25-23(20-14-9-15-30-20)19-12-7-4-8-13-19/h3-15,23H,2,16-17H2,1H3,(H,25,29). The van der Waals surface area contributed by atoms with Gasteiger partial charge in [-0.2, -0.15) is 0 Å². The first-order chi connectivity index (χ1) is 15.2. The summed E-state index contributed by atoms with van der Waals surface area (Å²) in [5.41, 5.74) is 2.27. The molecular weight excluding hydrogens is 424 g/mol. The van der Waals surface area contributed by atoms with Gasteiger partial charge in [0.25, 0.3) is 0 Å². The van der Waals surface area contributed by atoms with Crippen LogP contribution in [0, 0.1) is 0 Å². The number of benzene rings is 2. The molecule has 31 heavy (non-hydrogen) atoms. The molecule has 1 atom stereocenters. The molecule has 2 aromatic carbocycles. The molecule has 0 bridgehead atoms. The lowest BCUT2D eigenvalue weighted by Gasteiger charge is -2.18. The topological polar surface area (TPSA) is 59.8 Å². The molecule has 158 valence electrons. The summed E-state index contributed by atoms with van der Waals surface area (Å²) in [5.74, 6) is 1.18. The third-order valence-corrected chi connectivity index (χ3v) is 6.82. The van der Waals surface area contributed by atoms with E-state index in [9.17, 15) is 4.79 Å². The molecule has 1 N–H and O–H groups in total. The molecule has 0 radical (unpaired) electrons. The van der Waals surface area contributed by atoms with E-state index >= 15 is 0 Å². The molecule has 1 amide bonds. The summed E-state index contributed by atoms with van der Waals surface area (Å²) in [7, 11) is 0. The van der Waals surface area contributed by atoms with Crippen molar-refractivity contribution in [2.24, 2.45) is 0 Å². The molecule has 0 saturated carbocycles. The zero-order chi connectivity index (χ0) is 21.5. The highest BCUT2D eigenvalue weighted by Gasteiger charge is 2.19. The van der Waals surface area contributed by atoms with Crippen molar-refractivity contribution in [1.29, 1.82) is 0 Å². The van der Waals surface area contributed by atoms with Crippen LogP contribution in [0.25, 0.3) is 0 Å². The van der Waals surface area contributed by atoms with Gasteiger partial charge in [-0.05, 0) is 29.5 Å². The minimum atomic E-state index is -0.146. The van der Waals surface area contributed by atoms with Crippen molar-refractivity contribution in [1.82, 2.24) is 20.1 Å². The fourth-order valence-corrected chi connectivity index (χ4v) is 5.04. The van der Waals surface area contributed by atoms with Gasteiger partial charge in [-0.25, -0.2) is 0 Å². The lowest BCUT2D eigenvalue weighted by molar-refractivity contribution is -0.119. The van der Waals surface area contributed by atoms with Crippen LogP contribution in [0.3, 0.4) is 0 Å². The number of hydrogen-bond acceptors (Lipinski definition) is 5. The number of aromatic nitrogens is 3. The van der Waals surface area contributed by atoms with E-state index in [0.717, 1.165) is 34.4 Å². The summed E-state index contributed by atoms with van der Waals surface area (Å²) in [6.07, 6.45) is 0.725. The third-order valence-electron chi connectivity index (χ3n) is 4.91. The Balaban J connectivity index is 1.42. The van der Waals surface area contributed by atoms with Crippen LogP contribution < -0.4 is 5.32 Å². The zero-order valence-electron chi connectivity index (χ0n) is 17.3. The summed E-state index contributed by atoms with van der Waals surface area (Å²) < 4.78 is 2.08. The summed E-state index contributed by atoms with van der Waals surface area (Å²) in [6.45, 7) is 2.84. The Hall–Kier alpha value is -2.90. The highest BCUT2D eigenvalue weighted by atomic mass is 32.2. The van der Waals surface area contributed by atoms with E-state index in [1.54, 1.807) is 11.3 Å². The number of thiophene rings is 1. The first-order valence-corrected chi connectivity index (χ1v) is 12.1. The highest BCUT2D eigenvalue weighted by Crippen LogP contribution is 2.26. The van der Waals surface area contributed by atoms with E-state index in [1.165, 1.54) is 17.3 Å². The monoisotopic (exact) mass is 448 g/mol. The second kappa shape index (κ2) is 10.4. The predicted octanol–water partition coefficient (Wildman–Crippen LogP) is 4.95. The van der Waals surface area contributed by atoms with Crippen LogP contribution in [-0.4, -0.2) is 26.4 Å². The Bertz CT molecular complexity index is 1100. The van der Waals surface area contributed by atoms with Gasteiger partial charge in [-0.15, -0.1) is 21.5 Å². The van der Waals surface area contributed by atoms with Crippen LogP contribution >= 0.6 is 23.1 Å². The van der Waals surface area contributed by atoms with Gasteiger partial charge in [0.15, 0.2) is 5.16 Å². The molecule has 4 rings (SSSR count). The van der Waals surface area contributed by atoms with E-state index in [-0.39, 0.29) is 17.7 Å². The third kappa shape index (κ3) is 5.42. The van der Waals surface area contributed by atoms with Crippen molar-refractivity contribution in [2.75, 3.05) is 5.75 Å². The van der Waals surface area contributed by atoms with Crippen molar-refractivity contribution < 1.29 is 4.79 Å². The van der Waals surface area contributed by atoms with Crippen LogP contribution in [0.4, 0.5) is 0 Å². The zero-order valence-corrected chi connectivity index (χ0v) is 18.9. The number of carbonyl (C=O) groups excluding carboxylic acids is 1. The summed E-state index contributed by atoms with van der Waals surface area (Å²) >= 11 is 3.07. The smallest absolute Gasteiger partial charge is 0.231 e. The molecule has 2 heterocycles. The van der Waals surface area contributed by atoms with Gasteiger partial charge in [0.2, 0.25) is 5.91 Å². The second-order valence-electron chi connectivity index (χ2n) is 7.02. The van der Waals surface area contributed by atoms with E-state index < -0.39 is 0 Å². The van der Waals surface area contributed by atoms with Gasteiger partial charge in [0.05, 0.1) is 11.8 Å². The molecule has 1 unspecified atom stereocenters. The Labute approximate surface area is 190 Å². The number of hydrogen-bond donors (Lipinski definition) is 1. The lowest BCUT2D eigenvalue weighted by Crippen LogP contribution is -2.30. The Morgan fingerprint density at radius 1 is 1.03 bits per heavy atom. The van der Waals surface area contributed by atoms with Gasteiger partial charge < -0.3 is 9.88 Å². The van der Waals surface area contributed by atoms with Crippen LogP contribution in [0.15, 0.2) is 83.3 Å². The number of carbonyl (C=O) groups is 1. The number of thioether (sulfide) groups is 1. The number of nitrogens with zero attached hydrogens (tertiary/aromatic N) is 3. The maximum Gasteiger partial charge on any atom is 0.231 e. The van der Waals surface area contributed by atoms with Crippen molar-refractivity contribution in [3.63, 3.8) is 0 Å². The van der Waals surface area contributed by atoms with Crippen molar-refractivity contribution in [3.05, 3.63) is 100 Å². The maximum absolute atomic E-state index is 12.8. The molecule has 0 aliphatic rings. The van der Waals surface area contributed by atoms with E-state index in [2.05, 4.69) is 45.2 Å². The largest absolute Gasteiger partial charge is 0.344 e. The summed E-state index contributed by atoms with van der Waals surface area (Å²) in [4.78, 5) is 13.9. The molecule has 0 saturated heterocycles. The Morgan fingerprint density at radius 2 is 1.77 bits per heavy atom. The number of rotatable bonds is 9. The predicted molar refractivity (Wildman–Crippen MR) is 126 cm³/mol. The average molecular weight is 449 g/mol. The van der Waals surface area contributed by atoms with E-state index in [4.69, 9.17) is 0 Å². The van der Waals surface area contributed by atoms with Crippen LogP contribution in [0.5, 0.6) is 0 Å². The minimum Gasteiger partial charge on any atom is -0.344 e. The Morgan fingerprint density at radius 3 is 2.45 bits per heavy atom. The minimum absolute atomic E-state index is 0.0254. The number of amides is 1. The van der Waals surface area contributed by atoms with E-state index in [1.807, 2.05) is 60.0 Å². The van der Waals surface area contributed by atoms with Gasteiger partial charge in [0, 0.05) is 17.8 Å². The lowest BCUT2D eigenvalue weighted by atomic mass is 10.1. The molecule has 0 spiro atoms. The van der Waals surface area contributed by atoms with Gasteiger partial charge >= 0.3 is 0 Å². The summed E-state index contributed by atoms with van der Waals surface area (Å²) in [6, 6.07) is 24.2. The molecule has 0 aliphatic heterocycles. The Kier molecular flexibility index (Phi) is 7.17. The number of nitrogens with one attached hydrogen (secondary N) is 1. The molecule has 0 aliphatic carbocycles. The van der Waals surface area contributed by atoms with Crippen molar-refractivity contribution >= 4 is 29.0 Å². The fraction of sp³-hybridized carbons (Fsp3) is 0.208. The van der Waals surface area contributed by atoms with Gasteiger partial charge in [-0.1, -0.05) is 78.5 Å². The fourth-order valence-electron chi connectivity index (χ4n) is 3.41. The average Bonchev–Trinajstić information content (AvgIpc) is 3.47. The first-order valence-electron chi connectivity index (χ1n) is 10.2. The maximum atomic E-state index is 12.8. The normalized spacial score (nSPS) is 11.9. The molecule has 2 aromatic heterocycles. The van der Waals surface area contributed by atoms with Crippen molar-refractivity contribution in [2.45, 2.75) is 31.1 Å². The second-order valence-corrected chi connectivity index (χ2v) is 8.94. The van der Waals surface area contributed by atoms with Gasteiger partial charge in [0.1, 0.15) is 5.82 Å². The van der Waals surface area contributed by atoms with Gasteiger partial charge in [-0.3, -0.25) is 4.79 Å². The SMILES string of the molecule is CCn1c(Cc2ccccc2)nnc1SCC(=O)NC(c1ccccc1)c1cccs1. The first kappa shape index (κ1) is 21.3. The molecule has 5 nitrogen and oxygen atoms in total. The molecule has 0 fully saturated rings.